The van der Waals surface area contributed by atoms with Gasteiger partial charge in [0, 0.05) is 16.3 Å². The van der Waals surface area contributed by atoms with Crippen molar-refractivity contribution in [1.82, 2.24) is 0 Å². The summed E-state index contributed by atoms with van der Waals surface area (Å²) in [5.41, 5.74) is -3.82. The number of carboxylic acids is 1. The van der Waals surface area contributed by atoms with E-state index in [0.717, 1.165) is 6.08 Å². The van der Waals surface area contributed by atoms with Gasteiger partial charge in [-0.15, -0.1) is 0 Å². The molecule has 1 aliphatic carbocycles. The van der Waals surface area contributed by atoms with Crippen LogP contribution in [0.3, 0.4) is 0 Å². The lowest BCUT2D eigenvalue weighted by Gasteiger charge is -2.42. The van der Waals surface area contributed by atoms with Crippen LogP contribution in [0.2, 0.25) is 0 Å². The number of fused-ring (bicyclic) bond motifs is 2. The van der Waals surface area contributed by atoms with E-state index in [9.17, 15) is 30.1 Å². The topological polar surface area (TPSA) is 131 Å². The Morgan fingerprint density at radius 3 is 2.42 bits per heavy atom. The van der Waals surface area contributed by atoms with E-state index in [1.54, 1.807) is 7.05 Å². The quantitative estimate of drug-likeness (QED) is 0.430. The highest BCUT2D eigenvalue weighted by Gasteiger charge is 2.67. The van der Waals surface area contributed by atoms with Crippen LogP contribution in [0.1, 0.15) is 12.8 Å². The fourth-order valence-electron chi connectivity index (χ4n) is 3.31. The molecule has 3 atom stereocenters. The Bertz CT molecular complexity index is 503. The lowest BCUT2D eigenvalue weighted by atomic mass is 9.68. The first-order chi connectivity index (χ1) is 8.73. The van der Waals surface area contributed by atoms with Crippen LogP contribution in [0.15, 0.2) is 11.6 Å². The summed E-state index contributed by atoms with van der Waals surface area (Å²) in [7, 11) is 1.59. The lowest BCUT2D eigenvalue weighted by Crippen LogP contribution is -3.16. The van der Waals surface area contributed by atoms with Gasteiger partial charge in [0.15, 0.2) is 6.54 Å². The predicted octanol–water partition coefficient (Wildman–Crippen LogP) is -2.98. The molecule has 2 aliphatic rings. The Labute approximate surface area is 107 Å². The smallest absolute Gasteiger partial charge is 0.303 e. The van der Waals surface area contributed by atoms with Crippen molar-refractivity contribution < 1.29 is 24.6 Å². The van der Waals surface area contributed by atoms with E-state index in [-0.39, 0.29) is 19.5 Å². The summed E-state index contributed by atoms with van der Waals surface area (Å²) in [6.45, 7) is 0.0574. The molecule has 0 aromatic carbocycles. The number of carbonyl (C=O) groups excluding carboxylic acids is 1. The first-order valence-electron chi connectivity index (χ1n) is 5.76. The number of hydrogen-bond acceptors (Lipinski definition) is 6. The summed E-state index contributed by atoms with van der Waals surface area (Å²) in [6, 6.07) is 0. The maximum Gasteiger partial charge on any atom is 0.303 e. The van der Waals surface area contributed by atoms with Crippen LogP contribution >= 0.6 is 0 Å². The van der Waals surface area contributed by atoms with Crippen molar-refractivity contribution >= 4 is 5.97 Å². The number of piperidine rings is 1. The summed E-state index contributed by atoms with van der Waals surface area (Å²) in [5, 5.41) is 33.7. The Kier molecular flexibility index (Phi) is 2.81. The second kappa shape index (κ2) is 3.98. The van der Waals surface area contributed by atoms with Crippen molar-refractivity contribution in [2.24, 2.45) is 0 Å². The molecule has 0 spiro atoms. The average molecular weight is 271 g/mol. The van der Waals surface area contributed by atoms with Gasteiger partial charge in [-0.25, -0.2) is 0 Å². The van der Waals surface area contributed by atoms with E-state index in [0.29, 0.717) is 4.90 Å². The van der Waals surface area contributed by atoms with Crippen LogP contribution in [-0.2, 0) is 4.79 Å². The number of nitrogens with one attached hydrogen (secondary N) is 1. The highest BCUT2D eigenvalue weighted by atomic mass is 16.6. The first kappa shape index (κ1) is 13.4. The molecule has 9 heteroatoms. The molecule has 1 N–H and O–H groups in total. The van der Waals surface area contributed by atoms with Crippen LogP contribution in [0.25, 0.3) is 0 Å². The molecule has 1 fully saturated rings. The summed E-state index contributed by atoms with van der Waals surface area (Å²) in [5.74, 6) is -1.62. The minimum Gasteiger partial charge on any atom is -0.545 e. The van der Waals surface area contributed by atoms with E-state index in [4.69, 9.17) is 0 Å². The minimum atomic E-state index is -1.92. The Morgan fingerprint density at radius 1 is 1.32 bits per heavy atom. The van der Waals surface area contributed by atoms with Crippen molar-refractivity contribution in [3.05, 3.63) is 31.9 Å². The zero-order valence-electron chi connectivity index (χ0n) is 10.2. The number of hydrogen-bond donors (Lipinski definition) is 1. The van der Waals surface area contributed by atoms with E-state index in [2.05, 4.69) is 0 Å². The number of quaternary nitrogens is 1. The monoisotopic (exact) mass is 271 g/mol. The summed E-state index contributed by atoms with van der Waals surface area (Å²) in [4.78, 5) is 33.0. The second-order valence-electron chi connectivity index (χ2n) is 5.37. The van der Waals surface area contributed by atoms with Crippen LogP contribution in [0.5, 0.6) is 0 Å². The molecule has 1 unspecified atom stereocenters. The maximum absolute atomic E-state index is 11.3. The molecule has 0 saturated carbocycles. The van der Waals surface area contributed by atoms with Crippen LogP contribution in [-0.4, -0.2) is 47.0 Å². The number of nitrogens with zero attached hydrogens (tertiary/aromatic N) is 2. The third kappa shape index (κ3) is 1.77. The van der Waals surface area contributed by atoms with Gasteiger partial charge in [0.05, 0.1) is 18.6 Å². The minimum absolute atomic E-state index is 0.0879. The molecular weight excluding hydrogens is 258 g/mol. The van der Waals surface area contributed by atoms with Crippen molar-refractivity contribution in [3.63, 3.8) is 0 Å². The number of aliphatic carboxylic acids is 1. The predicted molar refractivity (Wildman–Crippen MR) is 58.4 cm³/mol. The molecule has 0 aromatic rings. The molecule has 2 rings (SSSR count). The number of rotatable bonds is 3. The third-order valence-electron chi connectivity index (χ3n) is 3.99. The molecule has 1 aliphatic heterocycles. The van der Waals surface area contributed by atoms with Gasteiger partial charge in [0.1, 0.15) is 13.0 Å². The highest BCUT2D eigenvalue weighted by molar-refractivity contribution is 5.87. The molecule has 9 nitrogen and oxygen atoms in total. The number of likely N-dealkylation sites (tertiary alicyclic amines) is 1. The zero-order chi connectivity index (χ0) is 14.4. The molecule has 104 valence electrons. The molecular formula is C10H13N3O6. The van der Waals surface area contributed by atoms with Crippen molar-refractivity contribution in [3.8, 4) is 0 Å². The van der Waals surface area contributed by atoms with Crippen LogP contribution in [0, 0.1) is 20.2 Å². The molecule has 0 aromatic heterocycles. The highest BCUT2D eigenvalue weighted by Crippen LogP contribution is 2.40. The summed E-state index contributed by atoms with van der Waals surface area (Å²) in [6.07, 6.45) is 0.588. The zero-order valence-corrected chi connectivity index (χ0v) is 10.2. The number of carboxylic acid groups (broad SMARTS) is 1. The molecule has 1 heterocycles. The molecule has 2 bridgehead atoms. The van der Waals surface area contributed by atoms with E-state index in [1.807, 2.05) is 0 Å². The van der Waals surface area contributed by atoms with Gasteiger partial charge in [0.25, 0.3) is 5.54 Å². The van der Waals surface area contributed by atoms with Gasteiger partial charge in [-0.3, -0.25) is 20.2 Å². The molecule has 19 heavy (non-hydrogen) atoms. The second-order valence-corrected chi connectivity index (χ2v) is 5.37. The molecule has 1 saturated heterocycles. The van der Waals surface area contributed by atoms with Crippen LogP contribution in [0.4, 0.5) is 0 Å². The van der Waals surface area contributed by atoms with E-state index < -0.39 is 38.9 Å². The van der Waals surface area contributed by atoms with E-state index in [1.165, 1.54) is 0 Å². The Balaban J connectivity index is 2.60. The molecule has 0 radical (unpaired) electrons. The van der Waals surface area contributed by atoms with E-state index >= 15 is 0 Å². The fourth-order valence-corrected chi connectivity index (χ4v) is 3.31. The number of carbonyl (C=O) groups is 1. The summed E-state index contributed by atoms with van der Waals surface area (Å²) >= 11 is 0. The SMILES string of the molecule is C[NH+]1C[C@]2([N+](=O)[O-])CC=C(C(=O)[O-])[C@]([N+](=O)[O-])(C1)C2. The van der Waals surface area contributed by atoms with Crippen LogP contribution < -0.4 is 10.0 Å². The molecule has 0 amide bonds. The average Bonchev–Trinajstić information content (AvgIpc) is 2.27. The van der Waals surface area contributed by atoms with Gasteiger partial charge in [0.2, 0.25) is 0 Å². The van der Waals surface area contributed by atoms with Gasteiger partial charge < -0.3 is 14.8 Å². The van der Waals surface area contributed by atoms with Crippen molar-refractivity contribution in [2.75, 3.05) is 20.1 Å². The Hall–Kier alpha value is -2.03. The summed E-state index contributed by atoms with van der Waals surface area (Å²) < 4.78 is 0. The van der Waals surface area contributed by atoms with Gasteiger partial charge in [-0.05, 0) is 0 Å². The van der Waals surface area contributed by atoms with Gasteiger partial charge in [-0.2, -0.15) is 0 Å². The number of likely N-dealkylation sites (N-methyl/N-ethyl adjacent to an activating group) is 1. The van der Waals surface area contributed by atoms with Crippen molar-refractivity contribution in [2.45, 2.75) is 23.9 Å². The first-order valence-corrected chi connectivity index (χ1v) is 5.76. The fraction of sp³-hybridized carbons (Fsp3) is 0.700. The van der Waals surface area contributed by atoms with Gasteiger partial charge >= 0.3 is 5.54 Å². The maximum atomic E-state index is 11.3. The standard InChI is InChI=1S/C10H13N3O6/c1-11-5-9(12(16)17)3-2-7(8(14)15)10(4-9,6-11)13(18)19/h2H,3-6H2,1H3,(H,14,15)/t9-,10+/m0/s1. The number of nitro groups is 2. The van der Waals surface area contributed by atoms with Crippen molar-refractivity contribution in [1.29, 1.82) is 0 Å². The third-order valence-corrected chi connectivity index (χ3v) is 3.99. The Morgan fingerprint density at radius 2 is 1.95 bits per heavy atom. The normalized spacial score (nSPS) is 37.3. The van der Waals surface area contributed by atoms with Gasteiger partial charge in [-0.1, -0.05) is 6.08 Å². The largest absolute Gasteiger partial charge is 0.545 e. The lowest BCUT2D eigenvalue weighted by molar-refractivity contribution is -0.926.